The normalized spacial score (nSPS) is 10.2. The van der Waals surface area contributed by atoms with Gasteiger partial charge in [-0.1, -0.05) is 24.4 Å². The maximum absolute atomic E-state index is 13.6. The maximum atomic E-state index is 13.6. The van der Waals surface area contributed by atoms with Crippen molar-refractivity contribution in [2.75, 3.05) is 0 Å². The topological polar surface area (TPSA) is 48.1 Å². The van der Waals surface area contributed by atoms with Gasteiger partial charge in [-0.2, -0.15) is 0 Å². The van der Waals surface area contributed by atoms with Gasteiger partial charge < -0.3 is 10.5 Å². The highest BCUT2D eigenvalue weighted by Crippen LogP contribution is 2.22. The minimum atomic E-state index is -0.484. The van der Waals surface area contributed by atoms with Crippen LogP contribution in [0.2, 0.25) is 0 Å². The molecular weight excluding hydrogens is 263 g/mol. The van der Waals surface area contributed by atoms with Crippen LogP contribution in [0, 0.1) is 12.7 Å². The highest BCUT2D eigenvalue weighted by atomic mass is 32.1. The van der Waals surface area contributed by atoms with Crippen molar-refractivity contribution in [1.29, 1.82) is 0 Å². The first kappa shape index (κ1) is 13.4. The van der Waals surface area contributed by atoms with E-state index in [4.69, 9.17) is 22.7 Å². The van der Waals surface area contributed by atoms with Crippen molar-refractivity contribution in [3.63, 3.8) is 0 Å². The third-order valence-electron chi connectivity index (χ3n) is 2.54. The average Bonchev–Trinajstić information content (AvgIpc) is 2.36. The zero-order valence-corrected chi connectivity index (χ0v) is 11.2. The van der Waals surface area contributed by atoms with Crippen LogP contribution < -0.4 is 10.5 Å². The number of rotatable bonds is 4. The van der Waals surface area contributed by atoms with Gasteiger partial charge in [0.15, 0.2) is 0 Å². The Morgan fingerprint density at radius 1 is 1.32 bits per heavy atom. The number of halogens is 1. The second-order valence-electron chi connectivity index (χ2n) is 4.04. The molecule has 0 fully saturated rings. The molecule has 0 aliphatic carbocycles. The number of aryl methyl sites for hydroxylation is 1. The largest absolute Gasteiger partial charge is 0.486 e. The highest BCUT2D eigenvalue weighted by Gasteiger charge is 2.12. The van der Waals surface area contributed by atoms with E-state index in [-0.39, 0.29) is 17.2 Å². The molecule has 19 heavy (non-hydrogen) atoms. The zero-order valence-electron chi connectivity index (χ0n) is 10.4. The van der Waals surface area contributed by atoms with Gasteiger partial charge in [0, 0.05) is 5.69 Å². The Morgan fingerprint density at radius 3 is 2.74 bits per heavy atom. The number of benzene rings is 1. The second kappa shape index (κ2) is 5.75. The lowest BCUT2D eigenvalue weighted by Gasteiger charge is -2.11. The smallest absolute Gasteiger partial charge is 0.137 e. The first-order valence-electron chi connectivity index (χ1n) is 5.71. The Balaban J connectivity index is 2.20. The van der Waals surface area contributed by atoms with Crippen molar-refractivity contribution in [1.82, 2.24) is 4.98 Å². The number of hydrogen-bond acceptors (Lipinski definition) is 3. The molecule has 0 saturated heterocycles. The molecule has 0 unspecified atom stereocenters. The molecule has 0 aliphatic rings. The number of aromatic nitrogens is 1. The lowest BCUT2D eigenvalue weighted by atomic mass is 10.2. The van der Waals surface area contributed by atoms with E-state index < -0.39 is 5.82 Å². The van der Waals surface area contributed by atoms with Gasteiger partial charge in [0.25, 0.3) is 0 Å². The predicted molar refractivity (Wildman–Crippen MR) is 75.6 cm³/mol. The molecule has 0 spiro atoms. The van der Waals surface area contributed by atoms with Crippen molar-refractivity contribution < 1.29 is 9.13 Å². The number of nitrogens with two attached hydrogens (primary N) is 1. The maximum Gasteiger partial charge on any atom is 0.137 e. The Hall–Kier alpha value is -2.01. The van der Waals surface area contributed by atoms with Crippen molar-refractivity contribution in [2.45, 2.75) is 13.5 Å². The van der Waals surface area contributed by atoms with Gasteiger partial charge in [0.2, 0.25) is 0 Å². The predicted octanol–water partition coefficient (Wildman–Crippen LogP) is 2.74. The molecule has 0 aliphatic heterocycles. The summed E-state index contributed by atoms with van der Waals surface area (Å²) in [7, 11) is 0. The van der Waals surface area contributed by atoms with Crippen LogP contribution in [0.3, 0.4) is 0 Å². The number of hydrogen-bond donors (Lipinski definition) is 1. The minimum Gasteiger partial charge on any atom is -0.486 e. The molecule has 0 radical (unpaired) electrons. The summed E-state index contributed by atoms with van der Waals surface area (Å²) in [5, 5.41) is 0. The third-order valence-corrected chi connectivity index (χ3v) is 2.75. The van der Waals surface area contributed by atoms with Crippen molar-refractivity contribution in [3.8, 4) is 5.75 Å². The number of nitrogens with zero attached hydrogens (tertiary/aromatic N) is 1. The van der Waals surface area contributed by atoms with E-state index in [1.807, 2.05) is 25.1 Å². The van der Waals surface area contributed by atoms with Gasteiger partial charge in [-0.15, -0.1) is 0 Å². The van der Waals surface area contributed by atoms with Gasteiger partial charge in [0.05, 0.1) is 11.3 Å². The fourth-order valence-corrected chi connectivity index (χ4v) is 1.89. The molecule has 0 atom stereocenters. The lowest BCUT2D eigenvalue weighted by molar-refractivity contribution is 0.299. The van der Waals surface area contributed by atoms with Gasteiger partial charge in [0.1, 0.15) is 23.2 Å². The summed E-state index contributed by atoms with van der Waals surface area (Å²) in [5.74, 6) is -0.155. The number of pyridine rings is 1. The molecular formula is C14H13FN2OS. The van der Waals surface area contributed by atoms with E-state index in [1.54, 1.807) is 12.1 Å². The summed E-state index contributed by atoms with van der Waals surface area (Å²) >= 11 is 4.83. The molecule has 2 rings (SSSR count). The van der Waals surface area contributed by atoms with Crippen LogP contribution >= 0.6 is 12.2 Å². The van der Waals surface area contributed by atoms with E-state index in [9.17, 15) is 4.39 Å². The van der Waals surface area contributed by atoms with Crippen LogP contribution in [0.5, 0.6) is 5.75 Å². The molecule has 1 aromatic heterocycles. The summed E-state index contributed by atoms with van der Waals surface area (Å²) in [4.78, 5) is 4.28. The zero-order chi connectivity index (χ0) is 13.8. The first-order chi connectivity index (χ1) is 9.08. The Bertz CT molecular complexity index is 616. The van der Waals surface area contributed by atoms with Crippen molar-refractivity contribution >= 4 is 17.2 Å². The van der Waals surface area contributed by atoms with Crippen LogP contribution in [0.25, 0.3) is 0 Å². The van der Waals surface area contributed by atoms with Crippen LogP contribution in [0.15, 0.2) is 36.4 Å². The van der Waals surface area contributed by atoms with Gasteiger partial charge in [-0.3, -0.25) is 4.98 Å². The van der Waals surface area contributed by atoms with Crippen LogP contribution in [-0.4, -0.2) is 9.97 Å². The van der Waals surface area contributed by atoms with Crippen LogP contribution in [0.1, 0.15) is 17.0 Å². The van der Waals surface area contributed by atoms with E-state index in [2.05, 4.69) is 4.98 Å². The average molecular weight is 276 g/mol. The van der Waals surface area contributed by atoms with Crippen LogP contribution in [0.4, 0.5) is 4.39 Å². The summed E-state index contributed by atoms with van der Waals surface area (Å²) in [5.41, 5.74) is 7.29. The van der Waals surface area contributed by atoms with E-state index in [0.29, 0.717) is 5.75 Å². The molecule has 0 saturated carbocycles. The van der Waals surface area contributed by atoms with E-state index in [1.165, 1.54) is 6.07 Å². The molecule has 2 N–H and O–H groups in total. The Morgan fingerprint density at radius 2 is 2.05 bits per heavy atom. The fourth-order valence-electron chi connectivity index (χ4n) is 1.70. The van der Waals surface area contributed by atoms with Crippen molar-refractivity contribution in [3.05, 3.63) is 59.2 Å². The molecule has 2 aromatic rings. The Labute approximate surface area is 116 Å². The first-order valence-corrected chi connectivity index (χ1v) is 6.12. The fraction of sp³-hybridized carbons (Fsp3) is 0.143. The van der Waals surface area contributed by atoms with Gasteiger partial charge in [-0.05, 0) is 31.2 Å². The Kier molecular flexibility index (Phi) is 4.06. The van der Waals surface area contributed by atoms with Crippen LogP contribution in [-0.2, 0) is 6.61 Å². The lowest BCUT2D eigenvalue weighted by Crippen LogP contribution is -2.14. The molecule has 1 aromatic carbocycles. The molecule has 0 bridgehead atoms. The standard InChI is InChI=1S/C14H13FN2OS/c1-9-4-2-5-10(17-9)8-18-12-7-3-6-11(15)13(12)14(16)19/h2-7H,8H2,1H3,(H2,16,19). The molecule has 5 heteroatoms. The molecule has 98 valence electrons. The molecule has 0 amide bonds. The van der Waals surface area contributed by atoms with E-state index in [0.717, 1.165) is 11.4 Å². The minimum absolute atomic E-state index is 0.0229. The third kappa shape index (κ3) is 3.26. The second-order valence-corrected chi connectivity index (χ2v) is 4.48. The van der Waals surface area contributed by atoms with Gasteiger partial charge >= 0.3 is 0 Å². The summed E-state index contributed by atoms with van der Waals surface area (Å²) < 4.78 is 19.2. The SMILES string of the molecule is Cc1cccc(COc2cccc(F)c2C(N)=S)n1. The van der Waals surface area contributed by atoms with Crippen molar-refractivity contribution in [2.24, 2.45) is 5.73 Å². The quantitative estimate of drug-likeness (QED) is 0.872. The molecule has 3 nitrogen and oxygen atoms in total. The summed E-state index contributed by atoms with van der Waals surface area (Å²) in [6.45, 7) is 2.13. The highest BCUT2D eigenvalue weighted by molar-refractivity contribution is 7.80. The number of thiocarbonyl (C=S) groups is 1. The monoisotopic (exact) mass is 276 g/mol. The van der Waals surface area contributed by atoms with E-state index >= 15 is 0 Å². The summed E-state index contributed by atoms with van der Waals surface area (Å²) in [6.07, 6.45) is 0. The molecule has 1 heterocycles. The summed E-state index contributed by atoms with van der Waals surface area (Å²) in [6, 6.07) is 10.1. The van der Waals surface area contributed by atoms with Gasteiger partial charge in [-0.25, -0.2) is 4.39 Å². The number of ether oxygens (including phenoxy) is 1.